The van der Waals surface area contributed by atoms with Crippen molar-refractivity contribution < 1.29 is 14.4 Å². The fraction of sp³-hybridized carbons (Fsp3) is 0.500. The number of amides is 4. The summed E-state index contributed by atoms with van der Waals surface area (Å²) in [4.78, 5) is 48.0. The fourth-order valence-electron chi connectivity index (χ4n) is 4.59. The lowest BCUT2D eigenvalue weighted by atomic mass is 9.86. The number of likely N-dealkylation sites (tertiary alicyclic amines) is 1. The second kappa shape index (κ2) is 13.3. The average molecular weight is 618 g/mol. The first-order valence-corrected chi connectivity index (χ1v) is 13.5. The number of guanidine groups is 1. The summed E-state index contributed by atoms with van der Waals surface area (Å²) >= 11 is 6.10. The number of nitrogens with two attached hydrogens (primary N) is 3. The van der Waals surface area contributed by atoms with E-state index >= 15 is 0 Å². The number of hydrogen-bond acceptors (Lipinski definition) is 12. The molecule has 1 saturated heterocycles. The van der Waals surface area contributed by atoms with Gasteiger partial charge in [-0.15, -0.1) is 15.3 Å². The molecule has 1 spiro atoms. The summed E-state index contributed by atoms with van der Waals surface area (Å²) in [7, 11) is 0. The molecule has 43 heavy (non-hydrogen) atoms. The van der Waals surface area contributed by atoms with Crippen LogP contribution in [0.2, 0.25) is 0 Å². The maximum atomic E-state index is 13.2. The van der Waals surface area contributed by atoms with Crippen molar-refractivity contribution >= 4 is 41.2 Å². The number of amidine groups is 1. The van der Waals surface area contributed by atoms with Crippen LogP contribution in [0.4, 0.5) is 4.79 Å². The largest absolute Gasteiger partial charge is 0.367 e. The molecule has 1 unspecified atom stereocenters. The maximum Gasteiger partial charge on any atom is 0.320 e. The van der Waals surface area contributed by atoms with Crippen LogP contribution in [-0.2, 0) is 9.59 Å². The first-order chi connectivity index (χ1) is 20.6. The molecule has 4 rings (SSSR count). The van der Waals surface area contributed by atoms with Crippen LogP contribution >= 0.6 is 11.6 Å². The molecule has 21 heteroatoms. The molecule has 0 aromatic heterocycles. The number of nitrogens with zero attached hydrogens (tertiary/aromatic N) is 10. The lowest BCUT2D eigenvalue weighted by molar-refractivity contribution is -0.129. The van der Waals surface area contributed by atoms with Crippen LogP contribution < -0.4 is 38.8 Å². The number of halogens is 1. The number of carbonyl (C=O) groups excluding carboxylic acids is 3. The van der Waals surface area contributed by atoms with E-state index in [2.05, 4.69) is 62.2 Å². The van der Waals surface area contributed by atoms with Gasteiger partial charge in [-0.3, -0.25) is 19.9 Å². The number of piperidine rings is 1. The highest BCUT2D eigenvalue weighted by Gasteiger charge is 2.44. The molecule has 4 aliphatic heterocycles. The Kier molecular flexibility index (Phi) is 9.60. The minimum Gasteiger partial charge on any atom is -0.367 e. The lowest BCUT2D eigenvalue weighted by Crippen LogP contribution is -2.64. The van der Waals surface area contributed by atoms with Crippen molar-refractivity contribution in [3.63, 3.8) is 0 Å². The average Bonchev–Trinajstić information content (AvgIpc) is 2.97. The Bertz CT molecular complexity index is 1390. The SMILES string of the molecule is CC(C)NC(=O)NC1=CC=C(C(=O)N2CCC3(CC2)CN=N/C(=N\C(=O)C2NC(Cl)=C(N=NN)N=C2N=NN)N3N)CN1. The van der Waals surface area contributed by atoms with Crippen molar-refractivity contribution in [1.29, 1.82) is 0 Å². The Morgan fingerprint density at radius 1 is 1.16 bits per heavy atom. The zero-order valence-electron chi connectivity index (χ0n) is 23.4. The number of dihydropyridines is 1. The number of hydrazine groups is 1. The first kappa shape index (κ1) is 31.0. The highest BCUT2D eigenvalue weighted by Crippen LogP contribution is 2.31. The third-order valence-electron chi connectivity index (χ3n) is 6.81. The summed E-state index contributed by atoms with van der Waals surface area (Å²) in [5.41, 5.74) is -0.181. The summed E-state index contributed by atoms with van der Waals surface area (Å²) in [5.74, 6) is 15.7. The minimum absolute atomic E-state index is 0.0118. The molecule has 1 atom stereocenters. The van der Waals surface area contributed by atoms with Gasteiger partial charge in [0.15, 0.2) is 17.0 Å². The van der Waals surface area contributed by atoms with E-state index in [1.807, 2.05) is 13.8 Å². The maximum absolute atomic E-state index is 13.2. The normalized spacial score (nSPS) is 22.9. The Morgan fingerprint density at radius 3 is 2.51 bits per heavy atom. The van der Waals surface area contributed by atoms with E-state index in [9.17, 15) is 14.4 Å². The van der Waals surface area contributed by atoms with Crippen molar-refractivity contribution in [1.82, 2.24) is 31.2 Å². The minimum atomic E-state index is -1.28. The highest BCUT2D eigenvalue weighted by atomic mass is 35.5. The standard InChI is InChI=1S/C22H32ClN17O3/c1-11(2)29-21(43)30-13-4-3-12(9-27-13)19(42)39-7-5-22(6-8-39)10-28-36-20(40(22)26)33-18(41)14-16(34-37-24)32-17(35-38-25)15(23)31-14/h3-4,11,14,27,31H,5-10,26H2,1-2H3,(H2,25,35)(H2,24,32,34)(H2,29,30,43)/b33-20+. The first-order valence-electron chi connectivity index (χ1n) is 13.1. The summed E-state index contributed by atoms with van der Waals surface area (Å²) in [6.45, 7) is 4.97. The molecule has 4 amide bonds. The van der Waals surface area contributed by atoms with E-state index in [-0.39, 0.29) is 53.8 Å². The molecule has 4 heterocycles. The van der Waals surface area contributed by atoms with Crippen molar-refractivity contribution in [2.75, 3.05) is 26.2 Å². The van der Waals surface area contributed by atoms with Crippen molar-refractivity contribution in [3.05, 3.63) is 34.5 Å². The second-order valence-corrected chi connectivity index (χ2v) is 10.4. The van der Waals surface area contributed by atoms with Crippen molar-refractivity contribution in [2.45, 2.75) is 44.3 Å². The van der Waals surface area contributed by atoms with Gasteiger partial charge < -0.3 is 32.5 Å². The third-order valence-corrected chi connectivity index (χ3v) is 7.09. The smallest absolute Gasteiger partial charge is 0.320 e. The molecule has 1 fully saturated rings. The zero-order chi connectivity index (χ0) is 31.1. The van der Waals surface area contributed by atoms with Gasteiger partial charge in [0.25, 0.3) is 17.8 Å². The lowest BCUT2D eigenvalue weighted by Gasteiger charge is -2.47. The number of hydrogen-bond donors (Lipinski definition) is 7. The van der Waals surface area contributed by atoms with Gasteiger partial charge >= 0.3 is 6.03 Å². The molecule has 10 N–H and O–H groups in total. The Labute approximate surface area is 250 Å². The summed E-state index contributed by atoms with van der Waals surface area (Å²) < 4.78 is 0. The van der Waals surface area contributed by atoms with Crippen LogP contribution in [0, 0.1) is 0 Å². The number of allylic oxidation sites excluding steroid dienone is 2. The summed E-state index contributed by atoms with van der Waals surface area (Å²) in [6.07, 6.45) is 4.21. The van der Waals surface area contributed by atoms with Gasteiger partial charge in [0, 0.05) is 31.2 Å². The number of carbonyl (C=O) groups is 3. The van der Waals surface area contributed by atoms with Crippen LogP contribution in [0.5, 0.6) is 0 Å². The number of aliphatic imine (C=N–C) groups is 2. The molecule has 0 aromatic rings. The Balaban J connectivity index is 1.40. The number of rotatable bonds is 5. The molecule has 0 bridgehead atoms. The molecular formula is C22H32ClN17O3. The van der Waals surface area contributed by atoms with E-state index in [0.717, 1.165) is 0 Å². The monoisotopic (exact) mass is 617 g/mol. The van der Waals surface area contributed by atoms with Crippen molar-refractivity contribution in [2.24, 2.45) is 58.4 Å². The van der Waals surface area contributed by atoms with Gasteiger partial charge in [-0.05, 0) is 38.8 Å². The molecule has 20 nitrogen and oxygen atoms in total. The van der Waals surface area contributed by atoms with Crippen molar-refractivity contribution in [3.8, 4) is 0 Å². The molecule has 0 aliphatic carbocycles. The number of urea groups is 1. The topological polar surface area (TPSA) is 283 Å². The van der Waals surface area contributed by atoms with E-state index < -0.39 is 17.5 Å². The van der Waals surface area contributed by atoms with Crippen LogP contribution in [0.1, 0.15) is 26.7 Å². The van der Waals surface area contributed by atoms with Crippen LogP contribution in [-0.4, -0.2) is 83.4 Å². The third kappa shape index (κ3) is 7.09. The van der Waals surface area contributed by atoms with Gasteiger partial charge in [0.1, 0.15) is 5.82 Å². The predicted octanol–water partition coefficient (Wildman–Crippen LogP) is -0.662. The van der Waals surface area contributed by atoms with Gasteiger partial charge in [-0.2, -0.15) is 10.1 Å². The van der Waals surface area contributed by atoms with Gasteiger partial charge in [-0.1, -0.05) is 22.0 Å². The molecule has 0 saturated carbocycles. The molecule has 4 aliphatic rings. The fourth-order valence-corrected chi connectivity index (χ4v) is 4.78. The van der Waals surface area contributed by atoms with E-state index in [4.69, 9.17) is 29.1 Å². The second-order valence-electron chi connectivity index (χ2n) is 10.0. The van der Waals surface area contributed by atoms with Crippen LogP contribution in [0.15, 0.2) is 75.4 Å². The number of nitrogens with one attached hydrogen (secondary N) is 4. The zero-order valence-corrected chi connectivity index (χ0v) is 24.1. The molecule has 0 aromatic carbocycles. The summed E-state index contributed by atoms with van der Waals surface area (Å²) in [5, 5.41) is 33.9. The molecule has 0 radical (unpaired) electrons. The van der Waals surface area contributed by atoms with Crippen LogP contribution in [0.25, 0.3) is 0 Å². The summed E-state index contributed by atoms with van der Waals surface area (Å²) in [6, 6.07) is -1.63. The molecular weight excluding hydrogens is 586 g/mol. The van der Waals surface area contributed by atoms with Crippen LogP contribution in [0.3, 0.4) is 0 Å². The van der Waals surface area contributed by atoms with E-state index in [1.54, 1.807) is 17.1 Å². The molecule has 230 valence electrons. The quantitative estimate of drug-likeness (QED) is 0.0890. The Hall–Kier alpha value is -4.98. The van der Waals surface area contributed by atoms with E-state index in [1.165, 1.54) is 5.01 Å². The van der Waals surface area contributed by atoms with E-state index in [0.29, 0.717) is 37.3 Å². The highest BCUT2D eigenvalue weighted by molar-refractivity contribution is 6.30. The Morgan fingerprint density at radius 2 is 1.88 bits per heavy atom. The van der Waals surface area contributed by atoms with Gasteiger partial charge in [-0.25, -0.2) is 15.6 Å². The van der Waals surface area contributed by atoms with Gasteiger partial charge in [0.05, 0.1) is 12.1 Å². The predicted molar refractivity (Wildman–Crippen MR) is 153 cm³/mol. The van der Waals surface area contributed by atoms with Gasteiger partial charge in [0.2, 0.25) is 5.82 Å². The number of azo groups is 1.